The van der Waals surface area contributed by atoms with E-state index in [2.05, 4.69) is 0 Å². The summed E-state index contributed by atoms with van der Waals surface area (Å²) in [4.78, 5) is 34.1. The van der Waals surface area contributed by atoms with Crippen molar-refractivity contribution in [2.24, 2.45) is 5.92 Å². The second-order valence-corrected chi connectivity index (χ2v) is 8.26. The highest BCUT2D eigenvalue weighted by Gasteiger charge is 2.59. The van der Waals surface area contributed by atoms with Crippen LogP contribution in [0.1, 0.15) is 5.56 Å². The molecule has 2 heterocycles. The fourth-order valence-electron chi connectivity index (χ4n) is 4.22. The van der Waals surface area contributed by atoms with Gasteiger partial charge in [0.05, 0.1) is 24.5 Å². The third kappa shape index (κ3) is 3.88. The molecule has 2 aliphatic heterocycles. The summed E-state index contributed by atoms with van der Waals surface area (Å²) in [7, 11) is 1.56. The second kappa shape index (κ2) is 8.73. The minimum Gasteiger partial charge on any atom is -0.497 e. The molecule has 2 amide bonds. The van der Waals surface area contributed by atoms with Crippen LogP contribution in [0.2, 0.25) is 5.02 Å². The maximum atomic E-state index is 13.5. The number of amides is 2. The van der Waals surface area contributed by atoms with Crippen LogP contribution in [0.4, 0.5) is 11.4 Å². The number of para-hydroxylation sites is 1. The van der Waals surface area contributed by atoms with Crippen LogP contribution in [0.25, 0.3) is 6.08 Å². The third-order valence-electron chi connectivity index (χ3n) is 5.86. The summed E-state index contributed by atoms with van der Waals surface area (Å²) in [5, 5.41) is 2.30. The van der Waals surface area contributed by atoms with Crippen molar-refractivity contribution in [2.75, 3.05) is 17.1 Å². The topological polar surface area (TPSA) is 59.1 Å². The first-order valence-corrected chi connectivity index (χ1v) is 10.9. The van der Waals surface area contributed by atoms with Gasteiger partial charge in [0, 0.05) is 5.02 Å². The van der Waals surface area contributed by atoms with Crippen LogP contribution in [-0.4, -0.2) is 31.1 Å². The smallest absolute Gasteiger partial charge is 0.266 e. The van der Waals surface area contributed by atoms with E-state index in [1.54, 1.807) is 48.6 Å². The van der Waals surface area contributed by atoms with E-state index in [0.717, 1.165) is 11.3 Å². The average Bonchev–Trinajstić information content (AvgIpc) is 3.35. The molecule has 2 fully saturated rings. The van der Waals surface area contributed by atoms with E-state index >= 15 is 0 Å². The zero-order valence-corrected chi connectivity index (χ0v) is 18.6. The Kier molecular flexibility index (Phi) is 5.62. The van der Waals surface area contributed by atoms with Crippen LogP contribution in [0.15, 0.2) is 84.9 Å². The summed E-state index contributed by atoms with van der Waals surface area (Å²) >= 11 is 6.00. The zero-order valence-electron chi connectivity index (χ0n) is 17.8. The number of hydroxylamine groups is 1. The van der Waals surface area contributed by atoms with Crippen molar-refractivity contribution in [1.82, 2.24) is 0 Å². The largest absolute Gasteiger partial charge is 0.497 e. The first-order valence-electron chi connectivity index (χ1n) is 10.5. The van der Waals surface area contributed by atoms with Gasteiger partial charge in [-0.25, -0.2) is 9.96 Å². The van der Waals surface area contributed by atoms with Gasteiger partial charge in [-0.1, -0.05) is 54.1 Å². The Bertz CT molecular complexity index is 1200. The van der Waals surface area contributed by atoms with Gasteiger partial charge in [-0.3, -0.25) is 14.4 Å². The van der Waals surface area contributed by atoms with E-state index in [0.29, 0.717) is 16.5 Å². The number of rotatable bonds is 5. The summed E-state index contributed by atoms with van der Waals surface area (Å²) in [6, 6.07) is 23.2. The molecule has 0 aromatic heterocycles. The number of imide groups is 1. The van der Waals surface area contributed by atoms with Gasteiger partial charge in [0.2, 0.25) is 5.91 Å². The van der Waals surface area contributed by atoms with Gasteiger partial charge in [-0.15, -0.1) is 0 Å². The molecule has 1 unspecified atom stereocenters. The third-order valence-corrected chi connectivity index (χ3v) is 6.11. The highest BCUT2D eigenvalue weighted by Crippen LogP contribution is 2.41. The van der Waals surface area contributed by atoms with Gasteiger partial charge in [0.15, 0.2) is 6.10 Å². The van der Waals surface area contributed by atoms with Gasteiger partial charge >= 0.3 is 0 Å². The van der Waals surface area contributed by atoms with Crippen LogP contribution in [0.3, 0.4) is 0 Å². The summed E-state index contributed by atoms with van der Waals surface area (Å²) in [5.74, 6) is -0.700. The van der Waals surface area contributed by atoms with Gasteiger partial charge in [-0.05, 0) is 54.1 Å². The van der Waals surface area contributed by atoms with E-state index < -0.39 is 18.1 Å². The fraction of sp³-hybridized carbons (Fsp3) is 0.154. The van der Waals surface area contributed by atoms with Crippen molar-refractivity contribution in [3.8, 4) is 5.75 Å². The molecule has 6 nitrogen and oxygen atoms in total. The summed E-state index contributed by atoms with van der Waals surface area (Å²) in [6.07, 6.45) is 2.92. The molecule has 3 atom stereocenters. The maximum absolute atomic E-state index is 13.5. The van der Waals surface area contributed by atoms with Crippen LogP contribution in [0, 0.1) is 5.92 Å². The van der Waals surface area contributed by atoms with Crippen molar-refractivity contribution in [3.63, 3.8) is 0 Å². The minimum atomic E-state index is -0.903. The SMILES string of the molecule is COc1ccc(N2C(=O)[C@@H]3ON(c4ccccc4)C(/C=C/c4ccc(Cl)cc4)[C@@H]3C2=O)cc1. The van der Waals surface area contributed by atoms with E-state index in [1.807, 2.05) is 54.6 Å². The molecule has 2 saturated heterocycles. The molecule has 0 radical (unpaired) electrons. The Morgan fingerprint density at radius 2 is 1.58 bits per heavy atom. The highest BCUT2D eigenvalue weighted by molar-refractivity contribution is 6.30. The van der Waals surface area contributed by atoms with Gasteiger partial charge < -0.3 is 4.74 Å². The number of methoxy groups -OCH3 is 1. The molecule has 166 valence electrons. The van der Waals surface area contributed by atoms with E-state index in [-0.39, 0.29) is 11.8 Å². The molecular weight excluding hydrogens is 440 g/mol. The normalized spacial score (nSPS) is 22.3. The molecule has 5 rings (SSSR count). The number of hydrogen-bond acceptors (Lipinski definition) is 5. The summed E-state index contributed by atoms with van der Waals surface area (Å²) < 4.78 is 5.18. The lowest BCUT2D eigenvalue weighted by molar-refractivity contribution is -0.126. The molecule has 3 aromatic carbocycles. The summed E-state index contributed by atoms with van der Waals surface area (Å²) in [6.45, 7) is 0. The van der Waals surface area contributed by atoms with Crippen molar-refractivity contribution in [1.29, 1.82) is 0 Å². The van der Waals surface area contributed by atoms with Crippen LogP contribution < -0.4 is 14.7 Å². The number of carbonyl (C=O) groups excluding carboxylic acids is 2. The predicted molar refractivity (Wildman–Crippen MR) is 127 cm³/mol. The van der Waals surface area contributed by atoms with Gasteiger partial charge in [-0.2, -0.15) is 0 Å². The van der Waals surface area contributed by atoms with Crippen LogP contribution in [-0.2, 0) is 14.4 Å². The molecule has 3 aromatic rings. The van der Waals surface area contributed by atoms with Crippen molar-refractivity contribution in [3.05, 3.63) is 95.5 Å². The van der Waals surface area contributed by atoms with E-state index in [9.17, 15) is 9.59 Å². The zero-order chi connectivity index (χ0) is 22.9. The number of ether oxygens (including phenoxy) is 1. The number of fused-ring (bicyclic) bond motifs is 1. The second-order valence-electron chi connectivity index (χ2n) is 7.82. The van der Waals surface area contributed by atoms with Crippen molar-refractivity contribution in [2.45, 2.75) is 12.1 Å². The van der Waals surface area contributed by atoms with Crippen LogP contribution >= 0.6 is 11.6 Å². The lowest BCUT2D eigenvalue weighted by atomic mass is 9.95. The van der Waals surface area contributed by atoms with Crippen molar-refractivity contribution < 1.29 is 19.2 Å². The molecule has 0 saturated carbocycles. The lowest BCUT2D eigenvalue weighted by Gasteiger charge is -2.26. The molecule has 0 aliphatic carbocycles. The number of nitrogens with zero attached hydrogens (tertiary/aromatic N) is 2. The molecule has 2 aliphatic rings. The maximum Gasteiger partial charge on any atom is 0.266 e. The summed E-state index contributed by atoms with van der Waals surface area (Å²) in [5.41, 5.74) is 2.20. The number of hydrogen-bond donors (Lipinski definition) is 0. The van der Waals surface area contributed by atoms with E-state index in [4.69, 9.17) is 21.2 Å². The molecular formula is C26H21ClN2O4. The Balaban J connectivity index is 1.50. The first-order chi connectivity index (χ1) is 16.1. The predicted octanol–water partition coefficient (Wildman–Crippen LogP) is 4.74. The number of anilines is 2. The molecule has 33 heavy (non-hydrogen) atoms. The Hall–Kier alpha value is -3.61. The highest BCUT2D eigenvalue weighted by atomic mass is 35.5. The number of halogens is 1. The number of carbonyl (C=O) groups is 2. The fourth-order valence-corrected chi connectivity index (χ4v) is 4.34. The van der Waals surface area contributed by atoms with Crippen LogP contribution in [0.5, 0.6) is 5.75 Å². The molecule has 0 bridgehead atoms. The molecule has 7 heteroatoms. The standard InChI is InChI=1S/C26H21ClN2O4/c1-32-21-14-12-19(13-15-21)28-25(30)23-22(16-9-17-7-10-18(27)11-8-17)29(33-24(23)26(28)31)20-5-3-2-4-6-20/h2-16,22-24H,1H3/b16-9+/t22?,23-,24+/m0/s1. The quantitative estimate of drug-likeness (QED) is 0.515. The van der Waals surface area contributed by atoms with Crippen molar-refractivity contribution >= 4 is 40.9 Å². The lowest BCUT2D eigenvalue weighted by Crippen LogP contribution is -2.39. The van der Waals surface area contributed by atoms with E-state index in [1.165, 1.54) is 4.90 Å². The number of benzene rings is 3. The minimum absolute atomic E-state index is 0.292. The Labute approximate surface area is 196 Å². The average molecular weight is 461 g/mol. The molecule has 0 N–H and O–H groups in total. The monoisotopic (exact) mass is 460 g/mol. The Morgan fingerprint density at radius 1 is 0.879 bits per heavy atom. The Morgan fingerprint density at radius 3 is 2.24 bits per heavy atom. The van der Waals surface area contributed by atoms with Gasteiger partial charge in [0.25, 0.3) is 5.91 Å². The first kappa shape index (κ1) is 21.2. The molecule has 0 spiro atoms. The van der Waals surface area contributed by atoms with Gasteiger partial charge in [0.1, 0.15) is 11.7 Å².